The van der Waals surface area contributed by atoms with E-state index in [1.807, 2.05) is 0 Å². The molecule has 0 aromatic heterocycles. The molecule has 0 aliphatic carbocycles. The Morgan fingerprint density at radius 1 is 0.656 bits per heavy atom. The number of carbonyl (C=O) groups is 2. The van der Waals surface area contributed by atoms with Gasteiger partial charge in [0.25, 0.3) is 0 Å². The van der Waals surface area contributed by atoms with Crippen LogP contribution in [0.4, 0.5) is 0 Å². The molecule has 2 aromatic rings. The summed E-state index contributed by atoms with van der Waals surface area (Å²) in [7, 11) is 0. The van der Waals surface area contributed by atoms with Crippen LogP contribution in [0, 0.1) is 0 Å². The third kappa shape index (κ3) is 8.09. The van der Waals surface area contributed by atoms with Crippen LogP contribution in [0.5, 0.6) is 0 Å². The van der Waals surface area contributed by atoms with Crippen molar-refractivity contribution in [3.05, 3.63) is 70.8 Å². The van der Waals surface area contributed by atoms with E-state index in [-0.39, 0.29) is 0 Å². The summed E-state index contributed by atoms with van der Waals surface area (Å²) in [6.45, 7) is 10.8. The molecule has 0 saturated carbocycles. The van der Waals surface area contributed by atoms with E-state index < -0.39 is 35.3 Å². The van der Waals surface area contributed by atoms with Crippen molar-refractivity contribution in [1.82, 2.24) is 0 Å². The number of benzene rings is 2. The second-order valence-electron chi connectivity index (χ2n) is 9.86. The standard InChI is InChI=1S/C26H34O6/c1-25(2,3)31-23(29)19-11-7-17(8-12-19)21(27)15-16-22(28)18-9-13-20(14-10-18)24(30)32-26(4,5)6/h7-14,21-22,27-28H,15-16H2,1-6H3. The third-order valence-electron chi connectivity index (χ3n) is 4.57. The Hall–Kier alpha value is -2.70. The van der Waals surface area contributed by atoms with Crippen molar-refractivity contribution in [2.24, 2.45) is 0 Å². The van der Waals surface area contributed by atoms with Gasteiger partial charge < -0.3 is 19.7 Å². The second kappa shape index (κ2) is 10.3. The molecule has 2 aromatic carbocycles. The van der Waals surface area contributed by atoms with Crippen LogP contribution in [-0.2, 0) is 9.47 Å². The minimum Gasteiger partial charge on any atom is -0.456 e. The van der Waals surface area contributed by atoms with Crippen LogP contribution in [0.2, 0.25) is 0 Å². The molecule has 6 heteroatoms. The molecule has 32 heavy (non-hydrogen) atoms. The lowest BCUT2D eigenvalue weighted by molar-refractivity contribution is 0.00568. The number of ether oxygens (including phenoxy) is 2. The lowest BCUT2D eigenvalue weighted by Crippen LogP contribution is -2.23. The molecular weight excluding hydrogens is 408 g/mol. The first-order valence-electron chi connectivity index (χ1n) is 10.8. The van der Waals surface area contributed by atoms with Gasteiger partial charge in [-0.2, -0.15) is 0 Å². The predicted octanol–water partition coefficient (Wildman–Crippen LogP) is 5.14. The molecule has 0 heterocycles. The van der Waals surface area contributed by atoms with Crippen molar-refractivity contribution in [1.29, 1.82) is 0 Å². The highest BCUT2D eigenvalue weighted by Gasteiger charge is 2.20. The van der Waals surface area contributed by atoms with E-state index in [4.69, 9.17) is 9.47 Å². The number of hydrogen-bond donors (Lipinski definition) is 2. The Balaban J connectivity index is 1.91. The molecule has 2 N–H and O–H groups in total. The number of hydrogen-bond acceptors (Lipinski definition) is 6. The number of carbonyl (C=O) groups excluding carboxylic acids is 2. The summed E-state index contributed by atoms with van der Waals surface area (Å²) in [5, 5.41) is 20.9. The SMILES string of the molecule is CC(C)(C)OC(=O)c1ccc(C(O)CCC(O)c2ccc(C(=O)OC(C)(C)C)cc2)cc1. The van der Waals surface area contributed by atoms with Crippen LogP contribution in [0.15, 0.2) is 48.5 Å². The van der Waals surface area contributed by atoms with E-state index in [1.165, 1.54) is 0 Å². The largest absolute Gasteiger partial charge is 0.456 e. The van der Waals surface area contributed by atoms with E-state index in [9.17, 15) is 19.8 Å². The summed E-state index contributed by atoms with van der Waals surface area (Å²) in [5.41, 5.74) is 1.00. The van der Waals surface area contributed by atoms with Gasteiger partial charge in [-0.3, -0.25) is 0 Å². The van der Waals surface area contributed by atoms with Gasteiger partial charge >= 0.3 is 11.9 Å². The van der Waals surface area contributed by atoms with Crippen molar-refractivity contribution in [2.45, 2.75) is 77.8 Å². The first kappa shape index (κ1) is 25.6. The Bertz CT molecular complexity index is 824. The van der Waals surface area contributed by atoms with Gasteiger partial charge in [-0.05, 0) is 89.8 Å². The minimum atomic E-state index is -0.779. The topological polar surface area (TPSA) is 93.1 Å². The molecule has 174 valence electrons. The summed E-state index contributed by atoms with van der Waals surface area (Å²) in [4.78, 5) is 24.2. The smallest absolute Gasteiger partial charge is 0.338 e. The molecule has 0 bridgehead atoms. The summed E-state index contributed by atoms with van der Waals surface area (Å²) in [6, 6.07) is 13.2. The van der Waals surface area contributed by atoms with Crippen LogP contribution >= 0.6 is 0 Å². The lowest BCUT2D eigenvalue weighted by Gasteiger charge is -2.20. The Labute approximate surface area is 190 Å². The summed E-state index contributed by atoms with van der Waals surface area (Å²) < 4.78 is 10.7. The summed E-state index contributed by atoms with van der Waals surface area (Å²) in [6.07, 6.45) is -0.890. The molecule has 0 saturated heterocycles. The second-order valence-corrected chi connectivity index (χ2v) is 9.86. The van der Waals surface area contributed by atoms with E-state index >= 15 is 0 Å². The lowest BCUT2D eigenvalue weighted by atomic mass is 9.98. The third-order valence-corrected chi connectivity index (χ3v) is 4.57. The van der Waals surface area contributed by atoms with Crippen molar-refractivity contribution in [2.75, 3.05) is 0 Å². The Morgan fingerprint density at radius 2 is 0.938 bits per heavy atom. The van der Waals surface area contributed by atoms with E-state index in [0.29, 0.717) is 35.1 Å². The molecule has 0 amide bonds. The van der Waals surface area contributed by atoms with E-state index in [1.54, 1.807) is 90.1 Å². The minimum absolute atomic E-state index is 0.334. The van der Waals surface area contributed by atoms with Gasteiger partial charge in [0.15, 0.2) is 0 Å². The Morgan fingerprint density at radius 3 is 1.19 bits per heavy atom. The maximum absolute atomic E-state index is 12.1. The molecular formula is C26H34O6. The van der Waals surface area contributed by atoms with Crippen LogP contribution in [0.3, 0.4) is 0 Å². The molecule has 2 atom stereocenters. The quantitative estimate of drug-likeness (QED) is 0.577. The average molecular weight is 443 g/mol. The molecule has 0 radical (unpaired) electrons. The fraction of sp³-hybridized carbons (Fsp3) is 0.462. The molecule has 0 spiro atoms. The van der Waals surface area contributed by atoms with Crippen molar-refractivity contribution in [3.63, 3.8) is 0 Å². The molecule has 6 nitrogen and oxygen atoms in total. The average Bonchev–Trinajstić information content (AvgIpc) is 2.69. The summed E-state index contributed by atoms with van der Waals surface area (Å²) in [5.74, 6) is -0.826. The number of aliphatic hydroxyl groups is 2. The molecule has 0 aliphatic rings. The highest BCUT2D eigenvalue weighted by atomic mass is 16.6. The van der Waals surface area contributed by atoms with Gasteiger partial charge in [0.2, 0.25) is 0 Å². The van der Waals surface area contributed by atoms with Gasteiger partial charge in [0, 0.05) is 0 Å². The first-order valence-corrected chi connectivity index (χ1v) is 10.8. The van der Waals surface area contributed by atoms with Crippen LogP contribution < -0.4 is 0 Å². The zero-order valence-electron chi connectivity index (χ0n) is 19.7. The van der Waals surface area contributed by atoms with Gasteiger partial charge in [-0.1, -0.05) is 24.3 Å². The Kier molecular flexibility index (Phi) is 8.21. The van der Waals surface area contributed by atoms with E-state index in [0.717, 1.165) is 0 Å². The molecule has 0 aliphatic heterocycles. The normalized spacial score (nSPS) is 13.9. The first-order chi connectivity index (χ1) is 14.7. The highest BCUT2D eigenvalue weighted by Crippen LogP contribution is 2.26. The maximum atomic E-state index is 12.1. The van der Waals surface area contributed by atoms with Crippen molar-refractivity contribution >= 4 is 11.9 Å². The fourth-order valence-electron chi connectivity index (χ4n) is 3.01. The van der Waals surface area contributed by atoms with Crippen molar-refractivity contribution < 1.29 is 29.3 Å². The molecule has 2 rings (SSSR count). The number of rotatable bonds is 7. The van der Waals surface area contributed by atoms with E-state index in [2.05, 4.69) is 0 Å². The van der Waals surface area contributed by atoms with Crippen LogP contribution in [-0.4, -0.2) is 33.4 Å². The van der Waals surface area contributed by atoms with Crippen LogP contribution in [0.25, 0.3) is 0 Å². The highest BCUT2D eigenvalue weighted by molar-refractivity contribution is 5.90. The zero-order chi connectivity index (χ0) is 24.1. The van der Waals surface area contributed by atoms with Crippen LogP contribution in [0.1, 0.15) is 98.4 Å². The van der Waals surface area contributed by atoms with Crippen molar-refractivity contribution in [3.8, 4) is 0 Å². The predicted molar refractivity (Wildman–Crippen MR) is 122 cm³/mol. The number of aliphatic hydroxyl groups excluding tert-OH is 2. The number of esters is 2. The van der Waals surface area contributed by atoms with Gasteiger partial charge in [0.1, 0.15) is 11.2 Å². The monoisotopic (exact) mass is 442 g/mol. The fourth-order valence-corrected chi connectivity index (χ4v) is 3.01. The molecule has 0 fully saturated rings. The zero-order valence-corrected chi connectivity index (χ0v) is 19.7. The van der Waals surface area contributed by atoms with Gasteiger partial charge in [0.05, 0.1) is 23.3 Å². The van der Waals surface area contributed by atoms with Gasteiger partial charge in [-0.15, -0.1) is 0 Å². The summed E-state index contributed by atoms with van der Waals surface area (Å²) >= 11 is 0. The maximum Gasteiger partial charge on any atom is 0.338 e. The van der Waals surface area contributed by atoms with Gasteiger partial charge in [-0.25, -0.2) is 9.59 Å². The molecule has 2 unspecified atom stereocenters.